The van der Waals surface area contributed by atoms with Gasteiger partial charge < -0.3 is 24.5 Å². The van der Waals surface area contributed by atoms with Crippen molar-refractivity contribution in [3.63, 3.8) is 0 Å². The van der Waals surface area contributed by atoms with Gasteiger partial charge in [-0.15, -0.1) is 0 Å². The van der Waals surface area contributed by atoms with Crippen molar-refractivity contribution in [2.24, 2.45) is 4.99 Å². The Labute approximate surface area is 178 Å². The molecular weight excluding hydrogens is 390 g/mol. The lowest BCUT2D eigenvalue weighted by Gasteiger charge is -2.15. The van der Waals surface area contributed by atoms with Gasteiger partial charge in [0.15, 0.2) is 0 Å². The first-order valence-electron chi connectivity index (χ1n) is 10.2. The van der Waals surface area contributed by atoms with E-state index in [1.807, 2.05) is 26.1 Å². The number of aryl methyl sites for hydroxylation is 2. The van der Waals surface area contributed by atoms with Gasteiger partial charge in [-0.2, -0.15) is 0 Å². The average Bonchev–Trinajstić information content (AvgIpc) is 3.47. The SMILES string of the molecule is COc1cc2c3c([nH]c2cc1-c1c(C)noc1C)NCN=C3c1c[nH]c2ccccc12. The minimum Gasteiger partial charge on any atom is -0.496 e. The Morgan fingerprint density at radius 1 is 1.00 bits per heavy atom. The number of hydrogen-bond donors (Lipinski definition) is 3. The number of nitrogens with zero attached hydrogens (tertiary/aromatic N) is 2. The van der Waals surface area contributed by atoms with E-state index in [0.717, 1.165) is 72.8 Å². The fraction of sp³-hybridized carbons (Fsp3) is 0.167. The Morgan fingerprint density at radius 3 is 2.68 bits per heavy atom. The topological polar surface area (TPSA) is 91.2 Å². The zero-order valence-electron chi connectivity index (χ0n) is 17.5. The number of H-pyrrole nitrogens is 2. The number of nitrogens with one attached hydrogen (secondary N) is 3. The fourth-order valence-electron chi connectivity index (χ4n) is 4.60. The maximum atomic E-state index is 5.79. The van der Waals surface area contributed by atoms with E-state index < -0.39 is 0 Å². The Kier molecular flexibility index (Phi) is 3.74. The van der Waals surface area contributed by atoms with Crippen molar-refractivity contribution in [2.45, 2.75) is 13.8 Å². The van der Waals surface area contributed by atoms with Crippen LogP contribution in [0.1, 0.15) is 22.6 Å². The van der Waals surface area contributed by atoms with Gasteiger partial charge in [-0.25, -0.2) is 0 Å². The molecule has 0 bridgehead atoms. The van der Waals surface area contributed by atoms with E-state index in [9.17, 15) is 0 Å². The van der Waals surface area contributed by atoms with Crippen LogP contribution >= 0.6 is 0 Å². The van der Waals surface area contributed by atoms with Crippen LogP contribution in [0.15, 0.2) is 52.1 Å². The Hall–Kier alpha value is -4.00. The van der Waals surface area contributed by atoms with Crippen molar-refractivity contribution >= 4 is 33.3 Å². The number of aromatic amines is 2. The summed E-state index contributed by atoms with van der Waals surface area (Å²) in [7, 11) is 1.69. The number of hydrogen-bond acceptors (Lipinski definition) is 5. The van der Waals surface area contributed by atoms with Crippen LogP contribution in [0.3, 0.4) is 0 Å². The lowest BCUT2D eigenvalue weighted by Crippen LogP contribution is -2.15. The summed E-state index contributed by atoms with van der Waals surface area (Å²) in [5.74, 6) is 2.50. The number of benzene rings is 2. The van der Waals surface area contributed by atoms with Crippen molar-refractivity contribution in [1.29, 1.82) is 0 Å². The average molecular weight is 411 g/mol. The molecule has 0 atom stereocenters. The highest BCUT2D eigenvalue weighted by Crippen LogP contribution is 2.41. The lowest BCUT2D eigenvalue weighted by molar-refractivity contribution is 0.393. The number of rotatable bonds is 3. The van der Waals surface area contributed by atoms with Crippen molar-refractivity contribution in [2.75, 3.05) is 19.1 Å². The Balaban J connectivity index is 1.60. The Bertz CT molecular complexity index is 1480. The summed E-state index contributed by atoms with van der Waals surface area (Å²) in [5, 5.41) is 9.70. The maximum Gasteiger partial charge on any atom is 0.141 e. The molecule has 6 rings (SSSR count). The summed E-state index contributed by atoms with van der Waals surface area (Å²) in [6.45, 7) is 4.38. The summed E-state index contributed by atoms with van der Waals surface area (Å²) < 4.78 is 11.2. The van der Waals surface area contributed by atoms with E-state index >= 15 is 0 Å². The quantitative estimate of drug-likeness (QED) is 0.383. The smallest absolute Gasteiger partial charge is 0.141 e. The lowest BCUT2D eigenvalue weighted by atomic mass is 9.96. The first-order valence-corrected chi connectivity index (χ1v) is 10.2. The number of methoxy groups -OCH3 is 1. The van der Waals surface area contributed by atoms with Crippen LogP contribution in [0.5, 0.6) is 5.75 Å². The van der Waals surface area contributed by atoms with Gasteiger partial charge in [0, 0.05) is 39.1 Å². The molecule has 154 valence electrons. The number of aromatic nitrogens is 3. The van der Waals surface area contributed by atoms with E-state index in [1.165, 1.54) is 0 Å². The standard InChI is InChI=1S/C24H21N5O2/c1-12-21(13(2)31-29-12)16-8-19-15(9-20(16)30-3)22-23(26-11-27-24(22)28-19)17-10-25-18-7-5-4-6-14(17)18/h4-10,25,27-28H,11H2,1-3H3. The molecule has 0 aliphatic carbocycles. The molecule has 1 aliphatic heterocycles. The molecular formula is C24H21N5O2. The molecule has 0 spiro atoms. The largest absolute Gasteiger partial charge is 0.496 e. The predicted molar refractivity (Wildman–Crippen MR) is 122 cm³/mol. The molecule has 3 aromatic heterocycles. The maximum absolute atomic E-state index is 5.79. The minimum atomic E-state index is 0.516. The highest BCUT2D eigenvalue weighted by Gasteiger charge is 2.25. The number of aliphatic imine (C=N–C) groups is 1. The van der Waals surface area contributed by atoms with Crippen molar-refractivity contribution in [3.05, 3.63) is 65.2 Å². The monoisotopic (exact) mass is 411 g/mol. The van der Waals surface area contributed by atoms with Crippen LogP contribution in [0.25, 0.3) is 32.9 Å². The number of anilines is 1. The first-order chi connectivity index (χ1) is 15.2. The molecule has 7 nitrogen and oxygen atoms in total. The third-order valence-electron chi connectivity index (χ3n) is 6.00. The second-order valence-electron chi connectivity index (χ2n) is 7.76. The van der Waals surface area contributed by atoms with Crippen LogP contribution in [0.4, 0.5) is 5.82 Å². The molecule has 0 saturated carbocycles. The molecule has 5 aromatic rings. The highest BCUT2D eigenvalue weighted by molar-refractivity contribution is 6.27. The predicted octanol–water partition coefficient (Wildman–Crippen LogP) is 5.15. The van der Waals surface area contributed by atoms with Gasteiger partial charge in [0.1, 0.15) is 24.0 Å². The van der Waals surface area contributed by atoms with E-state index in [1.54, 1.807) is 7.11 Å². The summed E-state index contributed by atoms with van der Waals surface area (Å²) in [6, 6.07) is 12.5. The van der Waals surface area contributed by atoms with Crippen LogP contribution in [-0.2, 0) is 0 Å². The van der Waals surface area contributed by atoms with Gasteiger partial charge >= 0.3 is 0 Å². The molecule has 7 heteroatoms. The molecule has 0 unspecified atom stereocenters. The van der Waals surface area contributed by atoms with E-state index in [4.69, 9.17) is 14.3 Å². The van der Waals surface area contributed by atoms with Crippen molar-refractivity contribution in [3.8, 4) is 16.9 Å². The summed E-state index contributed by atoms with van der Waals surface area (Å²) in [5.41, 5.74) is 7.96. The van der Waals surface area contributed by atoms with Gasteiger partial charge in [-0.3, -0.25) is 4.99 Å². The van der Waals surface area contributed by atoms with E-state index in [-0.39, 0.29) is 0 Å². The summed E-state index contributed by atoms with van der Waals surface area (Å²) in [4.78, 5) is 11.7. The normalized spacial score (nSPS) is 13.3. The van der Waals surface area contributed by atoms with Gasteiger partial charge in [-0.05, 0) is 32.0 Å². The molecule has 0 fully saturated rings. The zero-order valence-corrected chi connectivity index (χ0v) is 17.5. The molecule has 4 heterocycles. The van der Waals surface area contributed by atoms with Crippen molar-refractivity contribution < 1.29 is 9.26 Å². The molecule has 1 aliphatic rings. The molecule has 0 radical (unpaired) electrons. The molecule has 3 N–H and O–H groups in total. The third kappa shape index (κ3) is 2.53. The first kappa shape index (κ1) is 17.8. The Morgan fingerprint density at radius 2 is 1.87 bits per heavy atom. The van der Waals surface area contributed by atoms with Crippen LogP contribution < -0.4 is 10.1 Å². The molecule has 2 aromatic carbocycles. The number of ether oxygens (including phenoxy) is 1. The van der Waals surface area contributed by atoms with Crippen LogP contribution in [-0.4, -0.2) is 34.6 Å². The molecule has 31 heavy (non-hydrogen) atoms. The molecule has 0 amide bonds. The van der Waals surface area contributed by atoms with Gasteiger partial charge in [-0.1, -0.05) is 23.4 Å². The van der Waals surface area contributed by atoms with Crippen LogP contribution in [0.2, 0.25) is 0 Å². The van der Waals surface area contributed by atoms with Crippen molar-refractivity contribution in [1.82, 2.24) is 15.1 Å². The molecule has 0 saturated heterocycles. The van der Waals surface area contributed by atoms with E-state index in [2.05, 4.69) is 50.8 Å². The van der Waals surface area contributed by atoms with Gasteiger partial charge in [0.25, 0.3) is 0 Å². The zero-order chi connectivity index (χ0) is 21.1. The minimum absolute atomic E-state index is 0.516. The number of para-hydroxylation sites is 1. The second-order valence-corrected chi connectivity index (χ2v) is 7.76. The van der Waals surface area contributed by atoms with Crippen LogP contribution in [0, 0.1) is 13.8 Å². The fourth-order valence-corrected chi connectivity index (χ4v) is 4.60. The second kappa shape index (κ2) is 6.50. The highest BCUT2D eigenvalue weighted by atomic mass is 16.5. The number of fused-ring (bicyclic) bond motifs is 4. The third-order valence-corrected chi connectivity index (χ3v) is 6.00. The summed E-state index contributed by atoms with van der Waals surface area (Å²) in [6.07, 6.45) is 2.03. The summed E-state index contributed by atoms with van der Waals surface area (Å²) >= 11 is 0. The van der Waals surface area contributed by atoms with Gasteiger partial charge in [0.2, 0.25) is 0 Å². The van der Waals surface area contributed by atoms with E-state index in [0.29, 0.717) is 6.67 Å². The van der Waals surface area contributed by atoms with Gasteiger partial charge in [0.05, 0.1) is 29.6 Å².